The van der Waals surface area contributed by atoms with Gasteiger partial charge in [-0.2, -0.15) is 10.2 Å². The van der Waals surface area contributed by atoms with E-state index in [4.69, 9.17) is 0 Å². The number of rotatable bonds is 6. The molecule has 6 heteroatoms. The van der Waals surface area contributed by atoms with Crippen LogP contribution in [0, 0.1) is 0 Å². The number of thiazole rings is 1. The number of hydrogen-bond acceptors (Lipinski definition) is 5. The second-order valence-electron chi connectivity index (χ2n) is 5.72. The van der Waals surface area contributed by atoms with Crippen LogP contribution in [0.3, 0.4) is 0 Å². The zero-order valence-corrected chi connectivity index (χ0v) is 14.8. The van der Waals surface area contributed by atoms with Crippen molar-refractivity contribution in [3.8, 4) is 11.3 Å². The summed E-state index contributed by atoms with van der Waals surface area (Å²) < 4.78 is 1.90. The first-order chi connectivity index (χ1) is 12.9. The normalized spacial score (nSPS) is 11.1. The molecule has 0 saturated heterocycles. The molecule has 0 radical (unpaired) electrons. The van der Waals surface area contributed by atoms with Gasteiger partial charge < -0.3 is 0 Å². The second kappa shape index (κ2) is 7.76. The molecule has 0 atom stereocenters. The SMILES string of the molecule is C(=NNc1nc(-c2ccccc2)cs1)c1ccc(Cn2cccn2)cc1. The number of hydrazone groups is 1. The van der Waals surface area contributed by atoms with E-state index >= 15 is 0 Å². The van der Waals surface area contributed by atoms with Crippen LogP contribution in [-0.4, -0.2) is 21.0 Å². The highest BCUT2D eigenvalue weighted by atomic mass is 32.1. The molecule has 0 aliphatic heterocycles. The molecule has 0 saturated carbocycles. The summed E-state index contributed by atoms with van der Waals surface area (Å²) >= 11 is 1.54. The van der Waals surface area contributed by atoms with Gasteiger partial charge in [0.2, 0.25) is 5.13 Å². The predicted molar refractivity (Wildman–Crippen MR) is 107 cm³/mol. The third-order valence-electron chi connectivity index (χ3n) is 3.83. The van der Waals surface area contributed by atoms with E-state index in [0.717, 1.165) is 28.5 Å². The van der Waals surface area contributed by atoms with Crippen LogP contribution in [-0.2, 0) is 6.54 Å². The standard InChI is InChI=1S/C20H17N5S/c1-2-5-18(6-3-1)19-15-26-20(23-19)24-21-13-16-7-9-17(10-8-16)14-25-12-4-11-22-25/h1-13,15H,14H2,(H,23,24). The Balaban J connectivity index is 1.36. The van der Waals surface area contributed by atoms with Gasteiger partial charge in [-0.3, -0.25) is 10.1 Å². The minimum Gasteiger partial charge on any atom is -0.268 e. The summed E-state index contributed by atoms with van der Waals surface area (Å²) in [7, 11) is 0. The highest BCUT2D eigenvalue weighted by Gasteiger charge is 2.02. The molecule has 26 heavy (non-hydrogen) atoms. The largest absolute Gasteiger partial charge is 0.268 e. The third-order valence-corrected chi connectivity index (χ3v) is 4.58. The molecule has 4 aromatic rings. The summed E-state index contributed by atoms with van der Waals surface area (Å²) in [5.41, 5.74) is 7.29. The van der Waals surface area contributed by atoms with Gasteiger partial charge in [-0.15, -0.1) is 11.3 Å². The lowest BCUT2D eigenvalue weighted by atomic mass is 10.1. The average molecular weight is 359 g/mol. The van der Waals surface area contributed by atoms with Gasteiger partial charge in [0.25, 0.3) is 0 Å². The summed E-state index contributed by atoms with van der Waals surface area (Å²) in [6, 6.07) is 20.3. The van der Waals surface area contributed by atoms with Gasteiger partial charge in [0.1, 0.15) is 0 Å². The molecular formula is C20H17N5S. The van der Waals surface area contributed by atoms with E-state index in [-0.39, 0.29) is 0 Å². The zero-order valence-electron chi connectivity index (χ0n) is 14.0. The molecule has 128 valence electrons. The molecule has 2 aromatic heterocycles. The molecule has 0 amide bonds. The Kier molecular flexibility index (Phi) is 4.84. The van der Waals surface area contributed by atoms with Crippen LogP contribution < -0.4 is 5.43 Å². The molecule has 0 unspecified atom stereocenters. The van der Waals surface area contributed by atoms with Crippen molar-refractivity contribution >= 4 is 22.7 Å². The summed E-state index contributed by atoms with van der Waals surface area (Å²) in [5, 5.41) is 11.3. The van der Waals surface area contributed by atoms with Gasteiger partial charge in [0, 0.05) is 23.3 Å². The maximum absolute atomic E-state index is 4.55. The van der Waals surface area contributed by atoms with Crippen LogP contribution in [0.25, 0.3) is 11.3 Å². The van der Waals surface area contributed by atoms with Crippen molar-refractivity contribution in [3.63, 3.8) is 0 Å². The monoisotopic (exact) mass is 359 g/mol. The molecule has 0 fully saturated rings. The Morgan fingerprint density at radius 2 is 1.88 bits per heavy atom. The van der Waals surface area contributed by atoms with Gasteiger partial charge in [-0.1, -0.05) is 54.6 Å². The minimum atomic E-state index is 0.768. The fourth-order valence-electron chi connectivity index (χ4n) is 2.52. The number of aromatic nitrogens is 3. The number of benzene rings is 2. The minimum absolute atomic E-state index is 0.768. The van der Waals surface area contributed by atoms with E-state index in [0.29, 0.717) is 0 Å². The van der Waals surface area contributed by atoms with Gasteiger partial charge in [-0.05, 0) is 17.2 Å². The molecular weight excluding hydrogens is 342 g/mol. The van der Waals surface area contributed by atoms with Crippen LogP contribution in [0.4, 0.5) is 5.13 Å². The smallest absolute Gasteiger partial charge is 0.203 e. The van der Waals surface area contributed by atoms with Crippen molar-refractivity contribution in [1.82, 2.24) is 14.8 Å². The molecule has 0 bridgehead atoms. The maximum atomic E-state index is 4.55. The topological polar surface area (TPSA) is 55.1 Å². The quantitative estimate of drug-likeness (QED) is 0.407. The maximum Gasteiger partial charge on any atom is 0.203 e. The van der Waals surface area contributed by atoms with E-state index in [1.165, 1.54) is 16.9 Å². The van der Waals surface area contributed by atoms with Crippen molar-refractivity contribution in [2.75, 3.05) is 5.43 Å². The number of nitrogens with zero attached hydrogens (tertiary/aromatic N) is 4. The average Bonchev–Trinajstić information content (AvgIpc) is 3.36. The molecule has 4 rings (SSSR count). The third kappa shape index (κ3) is 4.04. The van der Waals surface area contributed by atoms with Crippen molar-refractivity contribution in [3.05, 3.63) is 89.6 Å². The van der Waals surface area contributed by atoms with Crippen LogP contribution in [0.2, 0.25) is 0 Å². The first kappa shape index (κ1) is 16.2. The van der Waals surface area contributed by atoms with Crippen molar-refractivity contribution in [2.45, 2.75) is 6.54 Å². The molecule has 2 aromatic carbocycles. The molecule has 1 N–H and O–H groups in total. The van der Waals surface area contributed by atoms with Crippen LogP contribution >= 0.6 is 11.3 Å². The molecule has 0 aliphatic carbocycles. The number of hydrogen-bond donors (Lipinski definition) is 1. The Labute approximate surface area is 155 Å². The molecule has 0 aliphatic rings. The van der Waals surface area contributed by atoms with E-state index in [9.17, 15) is 0 Å². The predicted octanol–water partition coefficient (Wildman–Crippen LogP) is 4.50. The van der Waals surface area contributed by atoms with Gasteiger partial charge in [0.15, 0.2) is 0 Å². The summed E-state index contributed by atoms with van der Waals surface area (Å²) in [6.07, 6.45) is 5.53. The Bertz CT molecular complexity index is 973. The van der Waals surface area contributed by atoms with Gasteiger partial charge >= 0.3 is 0 Å². The lowest BCUT2D eigenvalue weighted by molar-refractivity contribution is 0.687. The van der Waals surface area contributed by atoms with Gasteiger partial charge in [0.05, 0.1) is 18.5 Å². The van der Waals surface area contributed by atoms with Crippen LogP contribution in [0.15, 0.2) is 83.5 Å². The number of nitrogens with one attached hydrogen (secondary N) is 1. The summed E-state index contributed by atoms with van der Waals surface area (Å²) in [4.78, 5) is 4.55. The molecule has 5 nitrogen and oxygen atoms in total. The Morgan fingerprint density at radius 3 is 2.65 bits per heavy atom. The van der Waals surface area contributed by atoms with Crippen LogP contribution in [0.5, 0.6) is 0 Å². The van der Waals surface area contributed by atoms with E-state index in [1.54, 1.807) is 12.4 Å². The van der Waals surface area contributed by atoms with E-state index in [2.05, 4.69) is 32.7 Å². The van der Waals surface area contributed by atoms with Crippen molar-refractivity contribution in [2.24, 2.45) is 5.10 Å². The van der Waals surface area contributed by atoms with Gasteiger partial charge in [-0.25, -0.2) is 4.98 Å². The molecule has 0 spiro atoms. The van der Waals surface area contributed by atoms with Crippen molar-refractivity contribution < 1.29 is 0 Å². The Morgan fingerprint density at radius 1 is 1.04 bits per heavy atom. The Hall–Kier alpha value is -3.25. The first-order valence-electron chi connectivity index (χ1n) is 8.23. The fraction of sp³-hybridized carbons (Fsp3) is 0.0500. The zero-order chi connectivity index (χ0) is 17.6. The lowest BCUT2D eigenvalue weighted by Crippen LogP contribution is -1.99. The van der Waals surface area contributed by atoms with Crippen LogP contribution in [0.1, 0.15) is 11.1 Å². The number of anilines is 1. The lowest BCUT2D eigenvalue weighted by Gasteiger charge is -2.02. The summed E-state index contributed by atoms with van der Waals surface area (Å²) in [6.45, 7) is 0.768. The van der Waals surface area contributed by atoms with E-state index in [1.807, 2.05) is 64.8 Å². The fourth-order valence-corrected chi connectivity index (χ4v) is 3.19. The summed E-state index contributed by atoms with van der Waals surface area (Å²) in [5.74, 6) is 0. The second-order valence-corrected chi connectivity index (χ2v) is 6.58. The van der Waals surface area contributed by atoms with Crippen molar-refractivity contribution in [1.29, 1.82) is 0 Å². The van der Waals surface area contributed by atoms with E-state index < -0.39 is 0 Å². The molecule has 2 heterocycles. The highest BCUT2D eigenvalue weighted by Crippen LogP contribution is 2.24. The first-order valence-corrected chi connectivity index (χ1v) is 9.11. The highest BCUT2D eigenvalue weighted by molar-refractivity contribution is 7.14.